The predicted octanol–water partition coefficient (Wildman–Crippen LogP) is 6.65. The number of carbonyl (C=O) groups is 3. The summed E-state index contributed by atoms with van der Waals surface area (Å²) in [5.74, 6) is 7.71. The van der Waals surface area contributed by atoms with Crippen LogP contribution in [0.3, 0.4) is 0 Å². The molecule has 3 spiro atoms. The van der Waals surface area contributed by atoms with Gasteiger partial charge in [-0.2, -0.15) is 0 Å². The number of nitrogens with zero attached hydrogens (tertiary/aromatic N) is 1. The summed E-state index contributed by atoms with van der Waals surface area (Å²) in [4.78, 5) is 46.6. The highest BCUT2D eigenvalue weighted by Crippen LogP contribution is 2.84. The third-order valence-electron chi connectivity index (χ3n) is 20.4. The molecule has 5 saturated heterocycles. The second kappa shape index (κ2) is 14.1. The Labute approximate surface area is 382 Å². The van der Waals surface area contributed by atoms with E-state index in [1.807, 2.05) is 26.0 Å². The Morgan fingerprint density at radius 1 is 0.969 bits per heavy atom. The molecule has 4 saturated carbocycles. The number of nitrogens with one attached hydrogen (secondary N) is 1. The van der Waals surface area contributed by atoms with Crippen LogP contribution in [-0.4, -0.2) is 83.1 Å². The van der Waals surface area contributed by atoms with E-state index < -0.39 is 63.2 Å². The number of aliphatic hydroxyl groups excluding tert-OH is 1. The maximum atomic E-state index is 15.8. The topological polar surface area (TPSA) is 140 Å². The lowest BCUT2D eigenvalue weighted by Crippen LogP contribution is -2.81. The largest absolute Gasteiger partial charge is 0.469 e. The number of benzene rings is 1. The fourth-order valence-electron chi connectivity index (χ4n) is 18.1. The predicted molar refractivity (Wildman–Crippen MR) is 236 cm³/mol. The monoisotopic (exact) mass is 884 g/mol. The molecule has 0 radical (unpaired) electrons. The number of ketones is 1. The third-order valence-corrected chi connectivity index (χ3v) is 20.4. The average Bonchev–Trinajstić information content (AvgIpc) is 3.53. The van der Waals surface area contributed by atoms with Gasteiger partial charge < -0.3 is 33.4 Å². The first-order valence-electron chi connectivity index (χ1n) is 25.1. The van der Waals surface area contributed by atoms with Crippen molar-refractivity contribution in [2.24, 2.45) is 63.6 Å². The summed E-state index contributed by atoms with van der Waals surface area (Å²) in [5, 5.41) is 17.2. The molecular weight excluding hydrogens is 821 g/mol. The van der Waals surface area contributed by atoms with Crippen LogP contribution < -0.4 is 5.32 Å². The quantitative estimate of drug-likeness (QED) is 0.183. The molecule has 7 heterocycles. The number of ether oxygens (including phenoxy) is 4. The van der Waals surface area contributed by atoms with Crippen LogP contribution in [-0.2, 0) is 51.8 Å². The normalized spacial score (nSPS) is 48.2. The molecule has 11 heteroatoms. The van der Waals surface area contributed by atoms with Crippen molar-refractivity contribution >= 4 is 17.7 Å². The maximum absolute atomic E-state index is 15.8. The van der Waals surface area contributed by atoms with Crippen LogP contribution in [0.5, 0.6) is 0 Å². The molecule has 2 aromatic rings. The minimum Gasteiger partial charge on any atom is -0.469 e. The van der Waals surface area contributed by atoms with Crippen LogP contribution in [0.1, 0.15) is 108 Å². The van der Waals surface area contributed by atoms with Crippen LogP contribution in [0.15, 0.2) is 59.4 Å². The molecule has 344 valence electrons. The fourth-order valence-corrected chi connectivity index (χ4v) is 18.1. The zero-order chi connectivity index (χ0) is 44.3. The molecule has 17 atom stereocenters. The summed E-state index contributed by atoms with van der Waals surface area (Å²) in [5.41, 5.74) is -4.54. The van der Waals surface area contributed by atoms with Gasteiger partial charge in [0.2, 0.25) is 0 Å². The molecule has 65 heavy (non-hydrogen) atoms. The molecule has 13 rings (SSSR count). The first-order chi connectivity index (χ1) is 31.4. The van der Waals surface area contributed by atoms with Gasteiger partial charge in [-0.3, -0.25) is 14.9 Å². The van der Waals surface area contributed by atoms with Crippen molar-refractivity contribution in [1.29, 1.82) is 0 Å². The summed E-state index contributed by atoms with van der Waals surface area (Å²) in [7, 11) is 0. The molecule has 9 fully saturated rings. The molecular formula is C54H64N2O9. The Balaban J connectivity index is 0.939. The van der Waals surface area contributed by atoms with E-state index in [1.165, 1.54) is 18.4 Å². The molecule has 0 amide bonds. The van der Waals surface area contributed by atoms with Crippen molar-refractivity contribution in [3.63, 3.8) is 0 Å². The van der Waals surface area contributed by atoms with Gasteiger partial charge in [0.1, 0.15) is 24.1 Å². The number of furan rings is 1. The van der Waals surface area contributed by atoms with Gasteiger partial charge in [-0.05, 0) is 125 Å². The lowest BCUT2D eigenvalue weighted by Gasteiger charge is -2.71. The number of carbonyl (C=O) groups excluding carboxylic acids is 3. The van der Waals surface area contributed by atoms with E-state index in [-0.39, 0.29) is 54.9 Å². The summed E-state index contributed by atoms with van der Waals surface area (Å²) in [6, 6.07) is 13.2. The molecule has 1 aromatic carbocycles. The fraction of sp³-hybridized carbons (Fsp3) is 0.685. The number of Topliss-reactive ketones (excluding diaryl/α,β-unsaturated/α-hetero) is 1. The van der Waals surface area contributed by atoms with Crippen molar-refractivity contribution in [3.8, 4) is 11.8 Å². The lowest BCUT2D eigenvalue weighted by molar-refractivity contribution is -0.295. The highest BCUT2D eigenvalue weighted by atomic mass is 16.7. The van der Waals surface area contributed by atoms with Crippen LogP contribution in [0.4, 0.5) is 0 Å². The van der Waals surface area contributed by atoms with Crippen molar-refractivity contribution in [1.82, 2.24) is 10.2 Å². The van der Waals surface area contributed by atoms with E-state index in [9.17, 15) is 9.90 Å². The molecule has 4 bridgehead atoms. The number of allylic oxidation sites excluding steroid dienone is 1. The van der Waals surface area contributed by atoms with Gasteiger partial charge in [0, 0.05) is 46.7 Å². The van der Waals surface area contributed by atoms with E-state index in [0.29, 0.717) is 49.5 Å². The number of aliphatic hydroxyl groups is 1. The zero-order valence-corrected chi connectivity index (χ0v) is 38.1. The van der Waals surface area contributed by atoms with E-state index in [0.717, 1.165) is 56.6 Å². The van der Waals surface area contributed by atoms with Crippen LogP contribution in [0, 0.1) is 75.4 Å². The number of fused-ring (bicyclic) bond motifs is 4. The van der Waals surface area contributed by atoms with Crippen LogP contribution >= 0.6 is 0 Å². The smallest absolute Gasteiger partial charge is 0.339 e. The molecule has 11 nitrogen and oxygen atoms in total. The van der Waals surface area contributed by atoms with Gasteiger partial charge >= 0.3 is 11.9 Å². The van der Waals surface area contributed by atoms with Crippen molar-refractivity contribution in [3.05, 3.63) is 71.8 Å². The molecule has 1 aromatic heterocycles. The zero-order valence-electron chi connectivity index (χ0n) is 38.1. The molecule has 5 aliphatic carbocycles. The highest BCUT2D eigenvalue weighted by Gasteiger charge is 2.95. The molecule has 11 aliphatic rings. The highest BCUT2D eigenvalue weighted by molar-refractivity contribution is 5.92. The minimum absolute atomic E-state index is 0.0271. The summed E-state index contributed by atoms with van der Waals surface area (Å²) >= 11 is 0. The Morgan fingerprint density at radius 2 is 1.82 bits per heavy atom. The first-order valence-corrected chi connectivity index (χ1v) is 25.1. The van der Waals surface area contributed by atoms with E-state index >= 15 is 9.59 Å². The van der Waals surface area contributed by atoms with Crippen LogP contribution in [0.25, 0.3) is 0 Å². The van der Waals surface area contributed by atoms with Gasteiger partial charge in [0.15, 0.2) is 17.5 Å². The maximum Gasteiger partial charge on any atom is 0.339 e. The number of hydrogen-bond acceptors (Lipinski definition) is 11. The van der Waals surface area contributed by atoms with Crippen molar-refractivity contribution in [2.45, 2.75) is 145 Å². The Morgan fingerprint density at radius 3 is 2.68 bits per heavy atom. The molecule has 0 unspecified atom stereocenters. The average molecular weight is 885 g/mol. The number of hydrogen-bond donors (Lipinski definition) is 2. The van der Waals surface area contributed by atoms with E-state index in [2.05, 4.69) is 65.5 Å². The number of cyclic esters (lactones) is 1. The SMILES string of the molecule is CC1(C)O[C@H]2CC(=O)OC[C@@]23[C@@H]1C(=O)[C@@H](O)[C@]12[C@@H]3CC[C@]3(C)[C@@]14O[C@@H]4C(=O)O[C@]3(c1ccoc1CC[C@@H]1CC[C@H]3[C@H](C=CN4CNC[C@@H]34)C1)CC#C[C@@H]1CC[C@H](Cc3ccccc3)C[C@@H]12. The van der Waals surface area contributed by atoms with Crippen molar-refractivity contribution in [2.75, 3.05) is 19.8 Å². The van der Waals surface area contributed by atoms with Crippen molar-refractivity contribution < 1.29 is 42.9 Å². The number of aryl methyl sites for hydroxylation is 1. The summed E-state index contributed by atoms with van der Waals surface area (Å²) < 4.78 is 33.7. The standard InChI is InChI=1S/C54H64N2O9/c1-49(2)45-44(58)46(59)53-38-26-33(24-31-8-5-4-6-9-31)11-14-34(38)10-7-20-52(37-19-23-61-40(37)16-13-32-12-15-36-35(25-32)18-22-56-30-55-28-39(36)56)50(3,54(53)47(64-54)48(60)65-52)21-17-41(53)51(45)29-62-43(57)27-42(51)63-49/h4-6,8-9,18-19,22-23,32-36,38-39,41-42,45-47,55,59H,11-17,20-21,24-30H2,1-3H3/t32-,33+,34+,35+,36-,38-,39-,41+,42-,45+,46+,47+,50-,51-,52-,53-,54+/m0/s1. The van der Waals surface area contributed by atoms with Gasteiger partial charge in [-0.25, -0.2) is 4.79 Å². The van der Waals surface area contributed by atoms with Gasteiger partial charge in [0.05, 0.1) is 43.4 Å². The lowest BCUT2D eigenvalue weighted by atomic mass is 9.31. The number of esters is 2. The number of epoxide rings is 1. The van der Waals surface area contributed by atoms with Gasteiger partial charge in [-0.1, -0.05) is 61.6 Å². The summed E-state index contributed by atoms with van der Waals surface area (Å²) in [6.45, 7) is 8.11. The summed E-state index contributed by atoms with van der Waals surface area (Å²) in [6.07, 6.45) is 13.5. The molecule has 2 N–H and O–H groups in total. The van der Waals surface area contributed by atoms with E-state index in [4.69, 9.17) is 23.4 Å². The Hall–Kier alpha value is -3.95. The molecule has 6 aliphatic heterocycles. The van der Waals surface area contributed by atoms with E-state index in [1.54, 1.807) is 6.26 Å². The van der Waals surface area contributed by atoms with Gasteiger partial charge in [-0.15, -0.1) is 0 Å². The second-order valence-electron chi connectivity index (χ2n) is 23.2. The van der Waals surface area contributed by atoms with Crippen LogP contribution in [0.2, 0.25) is 0 Å². The van der Waals surface area contributed by atoms with Gasteiger partial charge in [0.25, 0.3) is 0 Å². The Bertz CT molecular complexity index is 2420. The second-order valence-corrected chi connectivity index (χ2v) is 23.2. The first kappa shape index (κ1) is 41.3. The third kappa shape index (κ3) is 5.21. The Kier molecular flexibility index (Phi) is 8.92. The number of rotatable bonds is 6. The minimum atomic E-state index is -1.47.